The fourth-order valence-electron chi connectivity index (χ4n) is 3.93. The number of benzene rings is 2. The predicted octanol–water partition coefficient (Wildman–Crippen LogP) is -1.45. The van der Waals surface area contributed by atoms with E-state index in [-0.39, 0.29) is 42.2 Å². The molecule has 158 valence electrons. The lowest BCUT2D eigenvalue weighted by molar-refractivity contribution is -0.886. The van der Waals surface area contributed by atoms with E-state index in [9.17, 15) is 14.4 Å². The van der Waals surface area contributed by atoms with Crippen LogP contribution in [-0.4, -0.2) is 48.8 Å². The Hall–Kier alpha value is -2.41. The van der Waals surface area contributed by atoms with E-state index in [4.69, 9.17) is 11.6 Å². The minimum absolute atomic E-state index is 0. The first kappa shape index (κ1) is 22.3. The molecule has 30 heavy (non-hydrogen) atoms. The van der Waals surface area contributed by atoms with E-state index in [1.807, 2.05) is 0 Å². The number of quaternary nitrogens is 1. The molecule has 0 saturated carbocycles. The van der Waals surface area contributed by atoms with Crippen LogP contribution in [0.2, 0.25) is 5.02 Å². The number of imide groups is 1. The second kappa shape index (κ2) is 9.60. The fraction of sp³-hybridized carbons (Fsp3) is 0.318. The fourth-order valence-corrected chi connectivity index (χ4v) is 4.05. The van der Waals surface area contributed by atoms with Gasteiger partial charge in [-0.15, -0.1) is 0 Å². The first-order chi connectivity index (χ1) is 14.0. The summed E-state index contributed by atoms with van der Waals surface area (Å²) in [5.41, 5.74) is 1.82. The summed E-state index contributed by atoms with van der Waals surface area (Å²) in [6.45, 7) is 4.00. The van der Waals surface area contributed by atoms with E-state index < -0.39 is 0 Å². The highest BCUT2D eigenvalue weighted by molar-refractivity contribution is 6.30. The van der Waals surface area contributed by atoms with Crippen molar-refractivity contribution in [2.75, 3.05) is 26.2 Å². The van der Waals surface area contributed by atoms with Gasteiger partial charge < -0.3 is 22.6 Å². The van der Waals surface area contributed by atoms with Gasteiger partial charge in [-0.2, -0.15) is 0 Å². The number of hydrogen-bond acceptors (Lipinski definition) is 3. The van der Waals surface area contributed by atoms with Gasteiger partial charge in [0, 0.05) is 23.4 Å². The van der Waals surface area contributed by atoms with Crippen molar-refractivity contribution in [2.24, 2.45) is 0 Å². The van der Waals surface area contributed by atoms with Gasteiger partial charge in [-0.3, -0.25) is 19.3 Å². The van der Waals surface area contributed by atoms with Crippen molar-refractivity contribution in [1.29, 1.82) is 0 Å². The number of likely N-dealkylation sites (tertiary alicyclic amines) is 1. The van der Waals surface area contributed by atoms with E-state index in [0.29, 0.717) is 22.7 Å². The average molecular weight is 448 g/mol. The first-order valence-corrected chi connectivity index (χ1v) is 10.3. The molecule has 2 aliphatic heterocycles. The Morgan fingerprint density at radius 2 is 1.67 bits per heavy atom. The van der Waals surface area contributed by atoms with E-state index in [1.54, 1.807) is 36.4 Å². The molecule has 3 amide bonds. The molecule has 0 spiro atoms. The lowest BCUT2D eigenvalue weighted by atomic mass is 10.1. The quantitative estimate of drug-likeness (QED) is 0.532. The van der Waals surface area contributed by atoms with Crippen LogP contribution in [0.3, 0.4) is 0 Å². The number of halogens is 2. The van der Waals surface area contributed by atoms with Crippen LogP contribution < -0.4 is 22.6 Å². The van der Waals surface area contributed by atoms with E-state index in [1.165, 1.54) is 28.7 Å². The third-order valence-corrected chi connectivity index (χ3v) is 5.81. The zero-order chi connectivity index (χ0) is 20.4. The number of rotatable bonds is 6. The molecule has 0 bridgehead atoms. The van der Waals surface area contributed by atoms with Gasteiger partial charge in [0.05, 0.1) is 43.9 Å². The average Bonchev–Trinajstić information content (AvgIpc) is 3.32. The highest BCUT2D eigenvalue weighted by atomic mass is 35.5. The number of carbonyl (C=O) groups excluding carboxylic acids is 3. The maximum Gasteiger partial charge on any atom is 0.261 e. The summed E-state index contributed by atoms with van der Waals surface area (Å²) in [4.78, 5) is 40.6. The van der Waals surface area contributed by atoms with Gasteiger partial charge in [0.15, 0.2) is 0 Å². The van der Waals surface area contributed by atoms with E-state index >= 15 is 0 Å². The number of fused-ring (bicyclic) bond motifs is 1. The summed E-state index contributed by atoms with van der Waals surface area (Å²) in [5.74, 6) is -0.941. The van der Waals surface area contributed by atoms with E-state index in [2.05, 4.69) is 5.32 Å². The number of amides is 3. The zero-order valence-electron chi connectivity index (χ0n) is 16.4. The Kier molecular flexibility index (Phi) is 7.13. The number of carbonyl (C=O) groups is 3. The first-order valence-electron chi connectivity index (χ1n) is 9.89. The van der Waals surface area contributed by atoms with Crippen molar-refractivity contribution in [3.8, 4) is 0 Å². The molecule has 4 rings (SSSR count). The van der Waals surface area contributed by atoms with E-state index in [0.717, 1.165) is 25.2 Å². The van der Waals surface area contributed by atoms with Gasteiger partial charge in [0.25, 0.3) is 17.7 Å². The monoisotopic (exact) mass is 447 g/mol. The molecule has 2 heterocycles. The Balaban J connectivity index is 0.00000256. The lowest BCUT2D eigenvalue weighted by Gasteiger charge is -2.13. The third kappa shape index (κ3) is 4.67. The molecule has 2 N–H and O–H groups in total. The molecule has 2 aromatic rings. The predicted molar refractivity (Wildman–Crippen MR) is 109 cm³/mol. The third-order valence-electron chi connectivity index (χ3n) is 5.56. The molecule has 8 heteroatoms. The van der Waals surface area contributed by atoms with Crippen LogP contribution in [0.15, 0.2) is 42.5 Å². The summed E-state index contributed by atoms with van der Waals surface area (Å²) >= 11 is 5.89. The molecule has 2 aliphatic rings. The van der Waals surface area contributed by atoms with Gasteiger partial charge in [0.2, 0.25) is 0 Å². The van der Waals surface area contributed by atoms with Crippen LogP contribution in [0.1, 0.15) is 49.5 Å². The molecular formula is C22H23Cl2N3O3. The highest BCUT2D eigenvalue weighted by Gasteiger charge is 2.36. The van der Waals surface area contributed by atoms with Crippen molar-refractivity contribution in [3.63, 3.8) is 0 Å². The molecule has 6 nitrogen and oxygen atoms in total. The standard InChI is InChI=1S/C22H22ClN3O3.ClH/c23-17-6-3-15(4-7-17)14-26-21(28)18-8-5-16(13-19(18)22(26)29)20(27)24-9-12-25-10-1-2-11-25;/h3-8,13H,1-2,9-12,14H2,(H,24,27);1H. The van der Waals surface area contributed by atoms with Crippen LogP contribution in [0.25, 0.3) is 0 Å². The summed E-state index contributed by atoms with van der Waals surface area (Å²) < 4.78 is 0. The molecule has 0 radical (unpaired) electrons. The van der Waals surface area contributed by atoms with Crippen LogP contribution in [0, 0.1) is 0 Å². The number of nitrogens with zero attached hydrogens (tertiary/aromatic N) is 1. The molecule has 0 unspecified atom stereocenters. The summed E-state index contributed by atoms with van der Waals surface area (Å²) in [5, 5.41) is 3.51. The normalized spacial score (nSPS) is 15.8. The Morgan fingerprint density at radius 3 is 2.37 bits per heavy atom. The van der Waals surface area contributed by atoms with Crippen LogP contribution >= 0.6 is 11.6 Å². The SMILES string of the molecule is O=C(NCC[NH+]1CCCC1)c1ccc2c(c1)C(=O)N(Cc1ccc(Cl)cc1)C2=O.[Cl-]. The van der Waals surface area contributed by atoms with Crippen molar-refractivity contribution in [2.45, 2.75) is 19.4 Å². The molecule has 1 saturated heterocycles. The number of hydrogen-bond donors (Lipinski definition) is 2. The van der Waals surface area contributed by atoms with Gasteiger partial charge >= 0.3 is 0 Å². The highest BCUT2D eigenvalue weighted by Crippen LogP contribution is 2.26. The van der Waals surface area contributed by atoms with Gasteiger partial charge in [0.1, 0.15) is 0 Å². The molecule has 0 aliphatic carbocycles. The maximum absolute atomic E-state index is 12.8. The molecular weight excluding hydrogens is 425 g/mol. The van der Waals surface area contributed by atoms with Gasteiger partial charge in [-0.25, -0.2) is 0 Å². The van der Waals surface area contributed by atoms with Gasteiger partial charge in [-0.05, 0) is 35.9 Å². The molecule has 1 fully saturated rings. The Morgan fingerprint density at radius 1 is 1.00 bits per heavy atom. The second-order valence-electron chi connectivity index (χ2n) is 7.55. The van der Waals surface area contributed by atoms with Gasteiger partial charge in [-0.1, -0.05) is 23.7 Å². The summed E-state index contributed by atoms with van der Waals surface area (Å²) in [6, 6.07) is 11.7. The van der Waals surface area contributed by atoms with Crippen LogP contribution in [0.4, 0.5) is 0 Å². The van der Waals surface area contributed by atoms with Crippen LogP contribution in [0.5, 0.6) is 0 Å². The minimum Gasteiger partial charge on any atom is -1.00 e. The smallest absolute Gasteiger partial charge is 0.261 e. The lowest BCUT2D eigenvalue weighted by Crippen LogP contribution is -3.10. The largest absolute Gasteiger partial charge is 1.00 e. The zero-order valence-corrected chi connectivity index (χ0v) is 17.9. The molecule has 0 aromatic heterocycles. The number of nitrogens with one attached hydrogen (secondary N) is 2. The van der Waals surface area contributed by atoms with Crippen LogP contribution in [-0.2, 0) is 6.54 Å². The topological polar surface area (TPSA) is 70.9 Å². The summed E-state index contributed by atoms with van der Waals surface area (Å²) in [6.07, 6.45) is 2.49. The van der Waals surface area contributed by atoms with Crippen molar-refractivity contribution < 1.29 is 31.7 Å². The minimum atomic E-state index is -0.379. The molecule has 0 atom stereocenters. The van der Waals surface area contributed by atoms with Crippen molar-refractivity contribution in [1.82, 2.24) is 10.2 Å². The second-order valence-corrected chi connectivity index (χ2v) is 7.98. The Bertz CT molecular complexity index is 957. The maximum atomic E-state index is 12.8. The van der Waals surface area contributed by atoms with Crippen molar-refractivity contribution in [3.05, 3.63) is 69.7 Å². The summed E-state index contributed by atoms with van der Waals surface area (Å²) in [7, 11) is 0. The Labute approximate surface area is 186 Å². The van der Waals surface area contributed by atoms with Crippen molar-refractivity contribution >= 4 is 29.3 Å². The molecule has 2 aromatic carbocycles.